The Hall–Kier alpha value is -3.22. The summed E-state index contributed by atoms with van der Waals surface area (Å²) in [6.07, 6.45) is 0.896. The maximum absolute atomic E-state index is 12.9. The van der Waals surface area contributed by atoms with Gasteiger partial charge in [0.05, 0.1) is 0 Å². The number of hydrogen-bond donors (Lipinski definition) is 0. The summed E-state index contributed by atoms with van der Waals surface area (Å²) in [4.78, 5) is 12.9. The topological polar surface area (TPSA) is 79.1 Å². The van der Waals surface area contributed by atoms with Gasteiger partial charge in [0.15, 0.2) is 12.4 Å². The number of fused-ring (bicyclic) bond motifs is 2. The zero-order chi connectivity index (χ0) is 17.9. The van der Waals surface area contributed by atoms with Crippen LogP contribution in [0.3, 0.4) is 0 Å². The van der Waals surface area contributed by atoms with Gasteiger partial charge in [0.2, 0.25) is 0 Å². The molecule has 0 aliphatic carbocycles. The van der Waals surface area contributed by atoms with Gasteiger partial charge in [-0.25, -0.2) is 4.68 Å². The van der Waals surface area contributed by atoms with Crippen molar-refractivity contribution in [3.63, 3.8) is 0 Å². The molecule has 7 nitrogen and oxygen atoms in total. The van der Waals surface area contributed by atoms with E-state index in [2.05, 4.69) is 15.5 Å². The lowest BCUT2D eigenvalue weighted by atomic mass is 9.88. The van der Waals surface area contributed by atoms with Crippen molar-refractivity contribution in [1.29, 1.82) is 0 Å². The Morgan fingerprint density at radius 1 is 1.12 bits per heavy atom. The first kappa shape index (κ1) is 16.3. The van der Waals surface area contributed by atoms with Crippen molar-refractivity contribution in [3.8, 4) is 11.5 Å². The van der Waals surface area contributed by atoms with Crippen molar-refractivity contribution in [2.45, 2.75) is 32.4 Å². The maximum atomic E-state index is 12.9. The van der Waals surface area contributed by atoms with Crippen molar-refractivity contribution in [2.24, 2.45) is 0 Å². The molecule has 0 spiro atoms. The Morgan fingerprint density at radius 2 is 1.77 bits per heavy atom. The highest BCUT2D eigenvalue weighted by Gasteiger charge is 2.33. The van der Waals surface area contributed by atoms with Gasteiger partial charge in [-0.3, -0.25) is 4.79 Å². The quantitative estimate of drug-likeness (QED) is 0.658. The third-order valence-corrected chi connectivity index (χ3v) is 4.30. The number of para-hydroxylation sites is 2. The lowest BCUT2D eigenvalue weighted by molar-refractivity contribution is -0.146. The van der Waals surface area contributed by atoms with Gasteiger partial charge in [0.1, 0.15) is 17.4 Å². The van der Waals surface area contributed by atoms with Crippen LogP contribution in [0.25, 0.3) is 0 Å². The van der Waals surface area contributed by atoms with Crippen LogP contribution in [0, 0.1) is 0 Å². The number of aryl methyl sites for hydroxylation is 1. The Balaban J connectivity index is 1.60. The second kappa shape index (κ2) is 6.95. The van der Waals surface area contributed by atoms with Crippen LogP contribution in [-0.2, 0) is 22.7 Å². The van der Waals surface area contributed by atoms with Gasteiger partial charge in [-0.2, -0.15) is 0 Å². The molecule has 0 saturated heterocycles. The summed E-state index contributed by atoms with van der Waals surface area (Å²) >= 11 is 0. The van der Waals surface area contributed by atoms with E-state index < -0.39 is 5.92 Å². The first-order chi connectivity index (χ1) is 12.8. The fourth-order valence-corrected chi connectivity index (χ4v) is 3.09. The maximum Gasteiger partial charge on any atom is 0.318 e. The molecule has 26 heavy (non-hydrogen) atoms. The number of nitrogens with zero attached hydrogens (tertiary/aromatic N) is 4. The molecule has 0 N–H and O–H groups in total. The molecule has 0 unspecified atom stereocenters. The number of hydrogen-bond acceptors (Lipinski definition) is 6. The smallest absolute Gasteiger partial charge is 0.318 e. The minimum atomic E-state index is -0.536. The van der Waals surface area contributed by atoms with Gasteiger partial charge in [-0.15, -0.1) is 5.10 Å². The van der Waals surface area contributed by atoms with E-state index in [4.69, 9.17) is 9.47 Å². The Bertz CT molecular complexity index is 892. The molecule has 0 saturated carbocycles. The van der Waals surface area contributed by atoms with Gasteiger partial charge in [-0.1, -0.05) is 43.3 Å². The number of aromatic nitrogens is 4. The Morgan fingerprint density at radius 3 is 2.42 bits per heavy atom. The largest absolute Gasteiger partial charge is 0.457 e. The average molecular weight is 350 g/mol. The molecule has 2 aromatic carbocycles. The molecule has 1 aliphatic heterocycles. The van der Waals surface area contributed by atoms with E-state index in [9.17, 15) is 4.79 Å². The van der Waals surface area contributed by atoms with Crippen LogP contribution >= 0.6 is 0 Å². The predicted molar refractivity (Wildman–Crippen MR) is 92.7 cm³/mol. The number of ether oxygens (including phenoxy) is 2. The average Bonchev–Trinajstić information content (AvgIpc) is 3.11. The van der Waals surface area contributed by atoms with E-state index in [1.54, 1.807) is 4.68 Å². The first-order valence-corrected chi connectivity index (χ1v) is 8.55. The fraction of sp³-hybridized carbons (Fsp3) is 0.263. The molecule has 1 aromatic heterocycles. The molecule has 0 atom stereocenters. The van der Waals surface area contributed by atoms with Crippen LogP contribution in [0.15, 0.2) is 48.5 Å². The molecule has 132 valence electrons. The molecule has 7 heteroatoms. The van der Waals surface area contributed by atoms with Crippen LogP contribution < -0.4 is 4.74 Å². The van der Waals surface area contributed by atoms with Crippen LogP contribution in [-0.4, -0.2) is 26.2 Å². The summed E-state index contributed by atoms with van der Waals surface area (Å²) in [6, 6.07) is 15.0. The zero-order valence-electron chi connectivity index (χ0n) is 14.3. The minimum Gasteiger partial charge on any atom is -0.457 e. The summed E-state index contributed by atoms with van der Waals surface area (Å²) in [6.45, 7) is 2.75. The van der Waals surface area contributed by atoms with Crippen LogP contribution in [0.1, 0.15) is 36.2 Å². The van der Waals surface area contributed by atoms with Crippen molar-refractivity contribution in [1.82, 2.24) is 20.2 Å². The van der Waals surface area contributed by atoms with Crippen molar-refractivity contribution < 1.29 is 14.3 Å². The van der Waals surface area contributed by atoms with Gasteiger partial charge in [0.25, 0.3) is 0 Å². The monoisotopic (exact) mass is 350 g/mol. The molecule has 4 rings (SSSR count). The molecule has 0 bridgehead atoms. The molecule has 0 fully saturated rings. The predicted octanol–water partition coefficient (Wildman–Crippen LogP) is 3.06. The third-order valence-electron chi connectivity index (χ3n) is 4.30. The number of rotatable bonds is 5. The molecule has 1 aliphatic rings. The highest BCUT2D eigenvalue weighted by molar-refractivity contribution is 5.85. The number of esters is 1. The van der Waals surface area contributed by atoms with E-state index in [1.165, 1.54) is 0 Å². The second-order valence-corrected chi connectivity index (χ2v) is 6.04. The standard InChI is InChI=1S/C19H18N4O3/c1-2-11-23-17(20-21-22-23)12-25-19(24)18-13-7-3-5-9-15(13)26-16-10-6-4-8-14(16)18/h3-10,18H,2,11-12H2,1H3. The molecular weight excluding hydrogens is 332 g/mol. The summed E-state index contributed by atoms with van der Waals surface area (Å²) in [5.74, 6) is 0.993. The lowest BCUT2D eigenvalue weighted by Crippen LogP contribution is -2.22. The van der Waals surface area contributed by atoms with E-state index in [0.717, 1.165) is 17.5 Å². The van der Waals surface area contributed by atoms with Crippen LogP contribution in [0.4, 0.5) is 0 Å². The van der Waals surface area contributed by atoms with Gasteiger partial charge >= 0.3 is 5.97 Å². The molecular formula is C19H18N4O3. The number of carbonyl (C=O) groups excluding carboxylic acids is 1. The Kier molecular flexibility index (Phi) is 4.35. The lowest BCUT2D eigenvalue weighted by Gasteiger charge is -2.26. The number of tetrazole rings is 1. The fourth-order valence-electron chi connectivity index (χ4n) is 3.09. The summed E-state index contributed by atoms with van der Waals surface area (Å²) in [5.41, 5.74) is 1.59. The van der Waals surface area contributed by atoms with Crippen molar-refractivity contribution in [3.05, 3.63) is 65.5 Å². The highest BCUT2D eigenvalue weighted by Crippen LogP contribution is 2.44. The Labute approximate surface area is 150 Å². The highest BCUT2D eigenvalue weighted by atomic mass is 16.5. The van der Waals surface area contributed by atoms with Crippen LogP contribution in [0.2, 0.25) is 0 Å². The zero-order valence-corrected chi connectivity index (χ0v) is 14.3. The number of carbonyl (C=O) groups is 1. The van der Waals surface area contributed by atoms with Gasteiger partial charge in [-0.05, 0) is 29.0 Å². The second-order valence-electron chi connectivity index (χ2n) is 6.04. The first-order valence-electron chi connectivity index (χ1n) is 8.55. The summed E-state index contributed by atoms with van der Waals surface area (Å²) < 4.78 is 13.1. The van der Waals surface area contributed by atoms with E-state index in [1.807, 2.05) is 55.5 Å². The number of benzene rings is 2. The molecule has 0 radical (unpaired) electrons. The molecule has 3 aromatic rings. The summed E-state index contributed by atoms with van der Waals surface area (Å²) in [5, 5.41) is 11.5. The summed E-state index contributed by atoms with van der Waals surface area (Å²) in [7, 11) is 0. The van der Waals surface area contributed by atoms with E-state index >= 15 is 0 Å². The van der Waals surface area contributed by atoms with E-state index in [-0.39, 0.29) is 12.6 Å². The van der Waals surface area contributed by atoms with Crippen molar-refractivity contribution in [2.75, 3.05) is 0 Å². The molecule has 0 amide bonds. The third kappa shape index (κ3) is 2.92. The molecule has 2 heterocycles. The van der Waals surface area contributed by atoms with Crippen LogP contribution in [0.5, 0.6) is 11.5 Å². The van der Waals surface area contributed by atoms with E-state index in [0.29, 0.717) is 23.9 Å². The minimum absolute atomic E-state index is 0.0352. The normalized spacial score (nSPS) is 12.8. The SMILES string of the molecule is CCCn1nnnc1COC(=O)C1c2ccccc2Oc2ccccc21. The van der Waals surface area contributed by atoms with Gasteiger partial charge < -0.3 is 9.47 Å². The van der Waals surface area contributed by atoms with Crippen molar-refractivity contribution >= 4 is 5.97 Å². The van der Waals surface area contributed by atoms with Gasteiger partial charge in [0, 0.05) is 17.7 Å².